The molecule has 9 heteroatoms. The van der Waals surface area contributed by atoms with Gasteiger partial charge < -0.3 is 14.2 Å². The van der Waals surface area contributed by atoms with Gasteiger partial charge in [-0.1, -0.05) is 46.9 Å². The van der Waals surface area contributed by atoms with Crippen LogP contribution in [0, 0.1) is 0 Å². The van der Waals surface area contributed by atoms with Crippen molar-refractivity contribution in [2.24, 2.45) is 0 Å². The van der Waals surface area contributed by atoms with Crippen molar-refractivity contribution in [3.8, 4) is 17.2 Å². The summed E-state index contributed by atoms with van der Waals surface area (Å²) < 4.78 is 16.7. The Labute approximate surface area is 268 Å². The van der Waals surface area contributed by atoms with Gasteiger partial charge in [-0.05, 0) is 121 Å². The van der Waals surface area contributed by atoms with Crippen molar-refractivity contribution in [1.29, 1.82) is 0 Å². The first-order valence-corrected chi connectivity index (χ1v) is 14.5. The highest BCUT2D eigenvalue weighted by molar-refractivity contribution is 6.31. The average molecular weight is 646 g/mol. The smallest absolute Gasteiger partial charge is 0.343 e. The minimum Gasteiger partial charge on any atom is -0.423 e. The standard InChI is InChI=1S/C35H23Cl3O6/c36-27-11-5-24(6-12-27)33(39)42-30-17-3-22(4-18-30)1-2-23-19-31(43-34(40)25-7-13-28(37)14-8-25)21-32(20-23)44-35(41)26-9-15-29(38)16-10-26/h3-21H,1-2H2. The molecule has 0 saturated carbocycles. The number of carbonyl (C=O) groups is 3. The molecule has 5 aromatic carbocycles. The van der Waals surface area contributed by atoms with Crippen LogP contribution in [0.2, 0.25) is 15.1 Å². The Hall–Kier alpha value is -4.62. The largest absolute Gasteiger partial charge is 0.423 e. The molecule has 0 aliphatic carbocycles. The van der Waals surface area contributed by atoms with Gasteiger partial charge in [-0.25, -0.2) is 14.4 Å². The van der Waals surface area contributed by atoms with Gasteiger partial charge in [-0.2, -0.15) is 0 Å². The minimum absolute atomic E-state index is 0.214. The fourth-order valence-corrected chi connectivity index (χ4v) is 4.54. The molecule has 0 aliphatic rings. The number of benzene rings is 5. The van der Waals surface area contributed by atoms with Crippen LogP contribution in [0.3, 0.4) is 0 Å². The van der Waals surface area contributed by atoms with Gasteiger partial charge >= 0.3 is 17.9 Å². The maximum atomic E-state index is 12.8. The predicted octanol–water partition coefficient (Wildman–Crippen LogP) is 9.09. The van der Waals surface area contributed by atoms with Crippen molar-refractivity contribution in [3.63, 3.8) is 0 Å². The van der Waals surface area contributed by atoms with Gasteiger partial charge in [0.15, 0.2) is 0 Å². The summed E-state index contributed by atoms with van der Waals surface area (Å²) in [5.74, 6) is -0.826. The summed E-state index contributed by atoms with van der Waals surface area (Å²) in [6.07, 6.45) is 1.13. The Bertz CT molecular complexity index is 1710. The highest BCUT2D eigenvalue weighted by atomic mass is 35.5. The van der Waals surface area contributed by atoms with Crippen LogP contribution in [0.1, 0.15) is 42.2 Å². The highest BCUT2D eigenvalue weighted by Gasteiger charge is 2.15. The van der Waals surface area contributed by atoms with E-state index in [0.29, 0.717) is 50.3 Å². The molecule has 44 heavy (non-hydrogen) atoms. The monoisotopic (exact) mass is 644 g/mol. The molecule has 0 saturated heterocycles. The second-order valence-electron chi connectivity index (χ2n) is 9.65. The van der Waals surface area contributed by atoms with Crippen LogP contribution in [0.4, 0.5) is 0 Å². The Morgan fingerprint density at radius 3 is 1.14 bits per heavy atom. The van der Waals surface area contributed by atoms with E-state index in [1.165, 1.54) is 6.07 Å². The van der Waals surface area contributed by atoms with E-state index in [9.17, 15) is 14.4 Å². The number of halogens is 3. The summed E-state index contributed by atoms with van der Waals surface area (Å²) in [6, 6.07) is 31.1. The zero-order chi connectivity index (χ0) is 31.1. The quantitative estimate of drug-likeness (QED) is 0.118. The lowest BCUT2D eigenvalue weighted by Crippen LogP contribution is -2.11. The molecule has 220 valence electrons. The van der Waals surface area contributed by atoms with Gasteiger partial charge in [0, 0.05) is 21.1 Å². The summed E-state index contributed by atoms with van der Waals surface area (Å²) in [7, 11) is 0. The molecule has 0 fully saturated rings. The lowest BCUT2D eigenvalue weighted by atomic mass is 10.0. The van der Waals surface area contributed by atoms with Crippen LogP contribution in [0.15, 0.2) is 115 Å². The fraction of sp³-hybridized carbons (Fsp3) is 0.0571. The Kier molecular flexibility index (Phi) is 9.97. The van der Waals surface area contributed by atoms with Crippen LogP contribution < -0.4 is 14.2 Å². The van der Waals surface area contributed by atoms with Gasteiger partial charge in [0.25, 0.3) is 0 Å². The summed E-state index contributed by atoms with van der Waals surface area (Å²) in [4.78, 5) is 38.0. The zero-order valence-corrected chi connectivity index (χ0v) is 25.2. The lowest BCUT2D eigenvalue weighted by Gasteiger charge is -2.12. The van der Waals surface area contributed by atoms with Gasteiger partial charge in [0.2, 0.25) is 0 Å². The normalized spacial score (nSPS) is 10.6. The van der Waals surface area contributed by atoms with E-state index >= 15 is 0 Å². The van der Waals surface area contributed by atoms with E-state index in [4.69, 9.17) is 49.0 Å². The summed E-state index contributed by atoms with van der Waals surface area (Å²) in [5.41, 5.74) is 2.76. The predicted molar refractivity (Wildman–Crippen MR) is 170 cm³/mol. The van der Waals surface area contributed by atoms with E-state index in [1.807, 2.05) is 12.1 Å². The van der Waals surface area contributed by atoms with Crippen LogP contribution in [0.25, 0.3) is 0 Å². The number of carbonyl (C=O) groups excluding carboxylic acids is 3. The van der Waals surface area contributed by atoms with E-state index in [1.54, 1.807) is 97.1 Å². The number of aryl methyl sites for hydroxylation is 2. The van der Waals surface area contributed by atoms with Gasteiger partial charge in [-0.15, -0.1) is 0 Å². The SMILES string of the molecule is O=C(Oc1ccc(CCc2cc(OC(=O)c3ccc(Cl)cc3)cc(OC(=O)c3ccc(Cl)cc3)c2)cc1)c1ccc(Cl)cc1. The second-order valence-corrected chi connectivity index (χ2v) is 11.0. The van der Waals surface area contributed by atoms with Crippen LogP contribution >= 0.6 is 34.8 Å². The van der Waals surface area contributed by atoms with Crippen molar-refractivity contribution < 1.29 is 28.6 Å². The first-order valence-electron chi connectivity index (χ1n) is 13.4. The molecule has 0 amide bonds. The molecule has 0 aromatic heterocycles. The topological polar surface area (TPSA) is 78.9 Å². The molecule has 0 N–H and O–H groups in total. The molecule has 5 aromatic rings. The maximum Gasteiger partial charge on any atom is 0.343 e. The van der Waals surface area contributed by atoms with Gasteiger partial charge in [0.1, 0.15) is 17.2 Å². The van der Waals surface area contributed by atoms with Crippen molar-refractivity contribution >= 4 is 52.7 Å². The molecule has 0 radical (unpaired) electrons. The summed E-state index contributed by atoms with van der Waals surface area (Å²) in [5, 5.41) is 1.52. The van der Waals surface area contributed by atoms with Crippen LogP contribution in [-0.4, -0.2) is 17.9 Å². The number of hydrogen-bond donors (Lipinski definition) is 0. The number of esters is 3. The van der Waals surface area contributed by atoms with Crippen LogP contribution in [0.5, 0.6) is 17.2 Å². The lowest BCUT2D eigenvalue weighted by molar-refractivity contribution is 0.0720. The minimum atomic E-state index is -0.586. The number of hydrogen-bond acceptors (Lipinski definition) is 6. The molecule has 0 spiro atoms. The van der Waals surface area contributed by atoms with E-state index in [0.717, 1.165) is 11.1 Å². The van der Waals surface area contributed by atoms with Crippen molar-refractivity contribution in [2.75, 3.05) is 0 Å². The van der Waals surface area contributed by atoms with Crippen molar-refractivity contribution in [2.45, 2.75) is 12.8 Å². The first-order chi connectivity index (χ1) is 21.2. The zero-order valence-electron chi connectivity index (χ0n) is 23.0. The highest BCUT2D eigenvalue weighted by Crippen LogP contribution is 2.27. The molecular formula is C35H23Cl3O6. The molecule has 0 heterocycles. The van der Waals surface area contributed by atoms with E-state index in [-0.39, 0.29) is 11.5 Å². The maximum absolute atomic E-state index is 12.8. The second kappa shape index (κ2) is 14.2. The number of rotatable bonds is 9. The van der Waals surface area contributed by atoms with Gasteiger partial charge in [-0.3, -0.25) is 0 Å². The molecule has 0 unspecified atom stereocenters. The third kappa shape index (κ3) is 8.48. The molecule has 5 rings (SSSR count). The Morgan fingerprint density at radius 2 is 0.750 bits per heavy atom. The van der Waals surface area contributed by atoms with Crippen molar-refractivity contribution in [1.82, 2.24) is 0 Å². The van der Waals surface area contributed by atoms with Gasteiger partial charge in [0.05, 0.1) is 16.7 Å². The third-order valence-corrected chi connectivity index (χ3v) is 7.19. The first kappa shape index (κ1) is 30.8. The molecule has 0 atom stereocenters. The molecule has 0 aliphatic heterocycles. The Morgan fingerprint density at radius 1 is 0.409 bits per heavy atom. The average Bonchev–Trinajstić information content (AvgIpc) is 3.01. The molecule has 0 bridgehead atoms. The summed E-state index contributed by atoms with van der Waals surface area (Å²) >= 11 is 17.8. The van der Waals surface area contributed by atoms with Crippen LogP contribution in [-0.2, 0) is 12.8 Å². The molecular weight excluding hydrogens is 623 g/mol. The van der Waals surface area contributed by atoms with E-state index in [2.05, 4.69) is 0 Å². The third-order valence-electron chi connectivity index (χ3n) is 6.44. The molecule has 6 nitrogen and oxygen atoms in total. The van der Waals surface area contributed by atoms with E-state index < -0.39 is 17.9 Å². The van der Waals surface area contributed by atoms with Crippen molar-refractivity contribution in [3.05, 3.63) is 158 Å². The number of ether oxygens (including phenoxy) is 3. The summed E-state index contributed by atoms with van der Waals surface area (Å²) in [6.45, 7) is 0. The fourth-order valence-electron chi connectivity index (χ4n) is 4.16. The Balaban J connectivity index is 1.29.